The molecule has 0 radical (unpaired) electrons. The Hall–Kier alpha value is -3.04. The zero-order valence-electron chi connectivity index (χ0n) is 15.7. The summed E-state index contributed by atoms with van der Waals surface area (Å²) in [6.45, 7) is 0. The SMILES string of the molecule is NC(=O)C[C@@H]1[NH2+][C@]2(C(=O)Nc3ccccc32)[C@@H]2C(=O)N(c3ccc(Br)cc3)C(=O)[C@H]12. The third kappa shape index (κ3) is 2.42. The number of para-hydroxylation sites is 1. The van der Waals surface area contributed by atoms with Crippen LogP contribution in [0.2, 0.25) is 0 Å². The summed E-state index contributed by atoms with van der Waals surface area (Å²) < 4.78 is 0.811. The van der Waals surface area contributed by atoms with Gasteiger partial charge in [-0.1, -0.05) is 34.1 Å². The van der Waals surface area contributed by atoms with Crippen LogP contribution in [0.1, 0.15) is 12.0 Å². The molecule has 3 aliphatic rings. The summed E-state index contributed by atoms with van der Waals surface area (Å²) in [5.74, 6) is -3.55. The van der Waals surface area contributed by atoms with Gasteiger partial charge >= 0.3 is 0 Å². The van der Waals surface area contributed by atoms with E-state index in [2.05, 4.69) is 21.2 Å². The number of primary amides is 1. The first-order valence-electron chi connectivity index (χ1n) is 9.53. The minimum atomic E-state index is -1.31. The van der Waals surface area contributed by atoms with E-state index in [0.29, 0.717) is 16.9 Å². The van der Waals surface area contributed by atoms with E-state index in [1.165, 1.54) is 0 Å². The number of hydrogen-bond acceptors (Lipinski definition) is 4. The van der Waals surface area contributed by atoms with Crippen molar-refractivity contribution >= 4 is 50.9 Å². The van der Waals surface area contributed by atoms with Crippen molar-refractivity contribution in [2.24, 2.45) is 17.6 Å². The van der Waals surface area contributed by atoms with Gasteiger partial charge in [-0.3, -0.25) is 19.2 Å². The van der Waals surface area contributed by atoms with Crippen LogP contribution < -0.4 is 21.3 Å². The highest BCUT2D eigenvalue weighted by molar-refractivity contribution is 9.10. The summed E-state index contributed by atoms with van der Waals surface area (Å²) >= 11 is 3.35. The molecule has 8 nitrogen and oxygen atoms in total. The fraction of sp³-hybridized carbons (Fsp3) is 0.238. The van der Waals surface area contributed by atoms with Crippen molar-refractivity contribution in [2.45, 2.75) is 18.0 Å². The van der Waals surface area contributed by atoms with Crippen LogP contribution in [-0.4, -0.2) is 29.7 Å². The van der Waals surface area contributed by atoms with Crippen molar-refractivity contribution in [3.63, 3.8) is 0 Å². The van der Waals surface area contributed by atoms with Gasteiger partial charge < -0.3 is 16.4 Å². The first kappa shape index (κ1) is 19.0. The second-order valence-corrected chi connectivity index (χ2v) is 8.78. The van der Waals surface area contributed by atoms with Crippen molar-refractivity contribution < 1.29 is 24.5 Å². The van der Waals surface area contributed by atoms with Crippen LogP contribution in [0.3, 0.4) is 0 Å². The molecular weight excluding hydrogens is 452 g/mol. The number of rotatable bonds is 3. The molecule has 4 atom stereocenters. The summed E-state index contributed by atoms with van der Waals surface area (Å²) in [6.07, 6.45) is -0.106. The Labute approximate surface area is 179 Å². The van der Waals surface area contributed by atoms with Crippen LogP contribution in [0.25, 0.3) is 0 Å². The van der Waals surface area contributed by atoms with E-state index in [1.54, 1.807) is 53.8 Å². The van der Waals surface area contributed by atoms with E-state index < -0.39 is 41.1 Å². The quantitative estimate of drug-likeness (QED) is 0.555. The molecule has 30 heavy (non-hydrogen) atoms. The van der Waals surface area contributed by atoms with Gasteiger partial charge in [0, 0.05) is 10.0 Å². The lowest BCUT2D eigenvalue weighted by atomic mass is 9.76. The van der Waals surface area contributed by atoms with Crippen molar-refractivity contribution in [1.29, 1.82) is 0 Å². The van der Waals surface area contributed by atoms with Gasteiger partial charge in [-0.25, -0.2) is 4.90 Å². The largest absolute Gasteiger partial charge is 0.369 e. The molecule has 152 valence electrons. The highest BCUT2D eigenvalue weighted by Crippen LogP contribution is 2.50. The summed E-state index contributed by atoms with van der Waals surface area (Å²) in [5, 5.41) is 4.54. The van der Waals surface area contributed by atoms with E-state index in [-0.39, 0.29) is 12.3 Å². The third-order valence-electron chi connectivity index (χ3n) is 6.30. The number of carbonyl (C=O) groups excluding carboxylic acids is 4. The lowest BCUT2D eigenvalue weighted by Gasteiger charge is -2.26. The molecule has 2 fully saturated rings. The molecule has 2 aromatic rings. The second kappa shape index (κ2) is 6.48. The summed E-state index contributed by atoms with van der Waals surface area (Å²) in [7, 11) is 0. The van der Waals surface area contributed by atoms with E-state index in [1.807, 2.05) is 0 Å². The van der Waals surface area contributed by atoms with Gasteiger partial charge in [-0.15, -0.1) is 0 Å². The second-order valence-electron chi connectivity index (χ2n) is 7.86. The van der Waals surface area contributed by atoms with Crippen LogP contribution in [0.15, 0.2) is 53.0 Å². The topological polar surface area (TPSA) is 126 Å². The van der Waals surface area contributed by atoms with Crippen molar-refractivity contribution in [2.75, 3.05) is 10.2 Å². The average molecular weight is 470 g/mol. The molecular formula is C21H18BrN4O4+. The summed E-state index contributed by atoms with van der Waals surface area (Å²) in [5.41, 5.74) is 5.82. The zero-order valence-corrected chi connectivity index (χ0v) is 17.3. The summed E-state index contributed by atoms with van der Waals surface area (Å²) in [4.78, 5) is 53.1. The molecule has 1 spiro atoms. The Bertz CT molecular complexity index is 1120. The predicted molar refractivity (Wildman–Crippen MR) is 110 cm³/mol. The zero-order chi connectivity index (χ0) is 21.2. The smallest absolute Gasteiger partial charge is 0.291 e. The molecule has 2 aromatic carbocycles. The van der Waals surface area contributed by atoms with E-state index in [4.69, 9.17) is 5.73 Å². The normalized spacial score (nSPS) is 29.3. The first-order chi connectivity index (χ1) is 14.3. The maximum atomic E-state index is 13.6. The van der Waals surface area contributed by atoms with Crippen molar-refractivity contribution in [1.82, 2.24) is 0 Å². The van der Waals surface area contributed by atoms with E-state index >= 15 is 0 Å². The van der Waals surface area contributed by atoms with Crippen LogP contribution in [0.4, 0.5) is 11.4 Å². The number of fused-ring (bicyclic) bond motifs is 4. The number of carbonyl (C=O) groups is 4. The van der Waals surface area contributed by atoms with Crippen LogP contribution in [0.5, 0.6) is 0 Å². The number of halogens is 1. The van der Waals surface area contributed by atoms with Gasteiger partial charge in [-0.05, 0) is 30.3 Å². The number of nitrogens with two attached hydrogens (primary N) is 2. The van der Waals surface area contributed by atoms with Gasteiger partial charge in [0.15, 0.2) is 0 Å². The average Bonchev–Trinajstić information content (AvgIpc) is 3.27. The number of benzene rings is 2. The van der Waals surface area contributed by atoms with Crippen LogP contribution in [-0.2, 0) is 24.7 Å². The molecule has 4 amide bonds. The first-order valence-corrected chi connectivity index (χ1v) is 10.3. The maximum Gasteiger partial charge on any atom is 0.291 e. The number of hydrogen-bond donors (Lipinski definition) is 3. The number of anilines is 2. The number of imide groups is 1. The Balaban J connectivity index is 1.67. The highest BCUT2D eigenvalue weighted by Gasteiger charge is 2.74. The van der Waals surface area contributed by atoms with Crippen LogP contribution >= 0.6 is 15.9 Å². The molecule has 9 heteroatoms. The maximum absolute atomic E-state index is 13.6. The van der Waals surface area contributed by atoms with Gasteiger partial charge in [0.25, 0.3) is 5.91 Å². The molecule has 5 rings (SSSR count). The number of nitrogens with zero attached hydrogens (tertiary/aromatic N) is 1. The highest BCUT2D eigenvalue weighted by atomic mass is 79.9. The molecule has 3 heterocycles. The predicted octanol–water partition coefficient (Wildman–Crippen LogP) is 0.223. The Morgan fingerprint density at radius 3 is 2.50 bits per heavy atom. The third-order valence-corrected chi connectivity index (χ3v) is 6.83. The molecule has 5 N–H and O–H groups in total. The molecule has 0 bridgehead atoms. The van der Waals surface area contributed by atoms with Crippen LogP contribution in [0, 0.1) is 11.8 Å². The van der Waals surface area contributed by atoms with Gasteiger partial charge in [0.1, 0.15) is 17.9 Å². The summed E-state index contributed by atoms with van der Waals surface area (Å²) in [6, 6.07) is 13.3. The van der Waals surface area contributed by atoms with E-state index in [9.17, 15) is 19.2 Å². The molecule has 2 saturated heterocycles. The van der Waals surface area contributed by atoms with Gasteiger partial charge in [0.2, 0.25) is 23.3 Å². The fourth-order valence-corrected chi connectivity index (χ4v) is 5.45. The van der Waals surface area contributed by atoms with Crippen molar-refractivity contribution in [3.8, 4) is 0 Å². The molecule has 3 aliphatic heterocycles. The fourth-order valence-electron chi connectivity index (χ4n) is 5.18. The standard InChI is InChI=1S/C21H17BrN4O4/c22-10-5-7-11(8-6-10)26-18(28)16-14(9-15(23)27)25-21(17(16)19(26)29)12-3-1-2-4-13(12)24-20(21)30/h1-8,14,16-17,25H,9H2,(H2,23,27)(H,24,30)/p+1/t14-,16+,17-,21-/m0/s1. The van der Waals surface area contributed by atoms with Crippen molar-refractivity contribution in [3.05, 3.63) is 58.6 Å². The number of amides is 4. The molecule has 0 aliphatic carbocycles. The minimum absolute atomic E-state index is 0.106. The lowest BCUT2D eigenvalue weighted by Crippen LogP contribution is -2.99. The van der Waals surface area contributed by atoms with Gasteiger partial charge in [0.05, 0.1) is 17.8 Å². The Kier molecular flexibility index (Phi) is 4.09. The Morgan fingerprint density at radius 2 is 1.80 bits per heavy atom. The lowest BCUT2D eigenvalue weighted by molar-refractivity contribution is -0.732. The molecule has 0 aromatic heterocycles. The molecule has 0 saturated carbocycles. The van der Waals surface area contributed by atoms with E-state index in [0.717, 1.165) is 9.37 Å². The monoisotopic (exact) mass is 469 g/mol. The minimum Gasteiger partial charge on any atom is -0.369 e. The number of quaternary nitrogens is 1. The number of nitrogens with one attached hydrogen (secondary N) is 1. The Morgan fingerprint density at radius 1 is 1.10 bits per heavy atom. The van der Waals surface area contributed by atoms with Gasteiger partial charge in [-0.2, -0.15) is 0 Å². The molecule has 0 unspecified atom stereocenters.